The summed E-state index contributed by atoms with van der Waals surface area (Å²) < 4.78 is 36.3. The molecule has 0 aliphatic carbocycles. The molecule has 0 unspecified atom stereocenters. The fraction of sp³-hybridized carbons (Fsp3) is 0.417. The van der Waals surface area contributed by atoms with Crippen molar-refractivity contribution in [2.75, 3.05) is 0 Å². The second-order valence-electron chi connectivity index (χ2n) is 3.30. The Balaban J connectivity index is 0.000000437. The molecule has 0 spiro atoms. The Morgan fingerprint density at radius 3 is 2.18 bits per heavy atom. The third-order valence-electron chi connectivity index (χ3n) is 1.97. The van der Waals surface area contributed by atoms with Gasteiger partial charge in [-0.2, -0.15) is 13.2 Å². The number of rotatable bonds is 2. The van der Waals surface area contributed by atoms with Crippen molar-refractivity contribution in [2.24, 2.45) is 0 Å². The maximum absolute atomic E-state index is 12.1. The molecule has 96 valence electrons. The molecule has 1 aromatic rings. The van der Waals surface area contributed by atoms with Gasteiger partial charge in [-0.15, -0.1) is 0 Å². The van der Waals surface area contributed by atoms with Crippen molar-refractivity contribution >= 4 is 5.97 Å². The Morgan fingerprint density at radius 2 is 1.82 bits per heavy atom. The van der Waals surface area contributed by atoms with Crippen LogP contribution in [0.2, 0.25) is 0 Å². The highest BCUT2D eigenvalue weighted by molar-refractivity contribution is 5.66. The molecule has 0 aromatic heterocycles. The summed E-state index contributed by atoms with van der Waals surface area (Å²) in [6.07, 6.45) is -3.37. The predicted molar refractivity (Wildman–Crippen MR) is 58.7 cm³/mol. The van der Waals surface area contributed by atoms with Gasteiger partial charge in [0.2, 0.25) is 0 Å². The van der Waals surface area contributed by atoms with E-state index in [1.165, 1.54) is 12.1 Å². The third-order valence-corrected chi connectivity index (χ3v) is 1.97. The van der Waals surface area contributed by atoms with E-state index in [9.17, 15) is 18.0 Å². The summed E-state index contributed by atoms with van der Waals surface area (Å²) in [4.78, 5) is 9.37. The van der Waals surface area contributed by atoms with Crippen LogP contribution in [0.5, 0.6) is 0 Å². The maximum Gasteiger partial charge on any atom is 0.416 e. The molecule has 5 heteroatoms. The van der Waals surface area contributed by atoms with Crippen molar-refractivity contribution in [2.45, 2.75) is 32.9 Å². The Labute approximate surface area is 98.1 Å². The number of aryl methyl sites for hydroxylation is 1. The normalized spacial score (nSPS) is 10.4. The molecule has 0 atom stereocenters. The lowest BCUT2D eigenvalue weighted by Gasteiger charge is -2.06. The van der Waals surface area contributed by atoms with E-state index >= 15 is 0 Å². The topological polar surface area (TPSA) is 37.3 Å². The number of alkyl halides is 3. The molecule has 1 rings (SSSR count). The summed E-state index contributed by atoms with van der Waals surface area (Å²) in [7, 11) is 0. The van der Waals surface area contributed by atoms with Crippen LogP contribution >= 0.6 is 0 Å². The van der Waals surface area contributed by atoms with Gasteiger partial charge in [-0.3, -0.25) is 4.79 Å². The zero-order valence-electron chi connectivity index (χ0n) is 9.71. The van der Waals surface area contributed by atoms with Crippen LogP contribution in [0.4, 0.5) is 13.2 Å². The zero-order chi connectivity index (χ0) is 13.5. The van der Waals surface area contributed by atoms with Gasteiger partial charge in [0.15, 0.2) is 0 Å². The van der Waals surface area contributed by atoms with Gasteiger partial charge in [0.05, 0.1) is 5.56 Å². The summed E-state index contributed by atoms with van der Waals surface area (Å²) in [6, 6.07) is 5.38. The highest BCUT2D eigenvalue weighted by atomic mass is 19.4. The third kappa shape index (κ3) is 6.60. The molecule has 2 nitrogen and oxygen atoms in total. The van der Waals surface area contributed by atoms with Gasteiger partial charge in [-0.25, -0.2) is 0 Å². The minimum atomic E-state index is -4.22. The van der Waals surface area contributed by atoms with Crippen molar-refractivity contribution < 1.29 is 23.1 Å². The number of carboxylic acid groups (broad SMARTS) is 1. The van der Waals surface area contributed by atoms with E-state index in [1.54, 1.807) is 13.0 Å². The van der Waals surface area contributed by atoms with E-state index in [0.717, 1.165) is 6.07 Å². The molecule has 0 fully saturated rings. The first kappa shape index (κ1) is 15.5. The second-order valence-corrected chi connectivity index (χ2v) is 3.30. The average molecular weight is 248 g/mol. The highest BCUT2D eigenvalue weighted by Gasteiger charge is 2.30. The van der Waals surface area contributed by atoms with E-state index < -0.39 is 17.7 Å². The first-order valence-electron chi connectivity index (χ1n) is 5.19. The van der Waals surface area contributed by atoms with Crippen LogP contribution in [-0.2, 0) is 17.4 Å². The molecule has 0 heterocycles. The molecule has 0 amide bonds. The standard InChI is InChI=1S/C9H9F3.C3H6O2/c1-2-7-4-3-5-8(6-7)9(10,11)12;1-2-3(4)5/h3-6H,2H2,1H3;2H2,1H3,(H,4,5). The molecule has 0 aliphatic rings. The molecule has 17 heavy (non-hydrogen) atoms. The number of benzene rings is 1. The summed E-state index contributed by atoms with van der Waals surface area (Å²) in [5, 5.41) is 7.72. The fourth-order valence-corrected chi connectivity index (χ4v) is 0.968. The van der Waals surface area contributed by atoms with Crippen molar-refractivity contribution in [1.82, 2.24) is 0 Å². The molecular weight excluding hydrogens is 233 g/mol. The lowest BCUT2D eigenvalue weighted by molar-refractivity contribution is -0.138. The quantitative estimate of drug-likeness (QED) is 0.865. The number of hydrogen-bond acceptors (Lipinski definition) is 1. The van der Waals surface area contributed by atoms with Crippen LogP contribution in [0, 0.1) is 0 Å². The first-order chi connectivity index (χ1) is 7.81. The smallest absolute Gasteiger partial charge is 0.416 e. The summed E-state index contributed by atoms with van der Waals surface area (Å²) in [6.45, 7) is 3.43. The minimum Gasteiger partial charge on any atom is -0.481 e. The largest absolute Gasteiger partial charge is 0.481 e. The van der Waals surface area contributed by atoms with Crippen LogP contribution in [0.3, 0.4) is 0 Å². The summed E-state index contributed by atoms with van der Waals surface area (Å²) in [5.74, 6) is -0.745. The number of halogens is 3. The number of hydrogen-bond donors (Lipinski definition) is 1. The van der Waals surface area contributed by atoms with E-state index in [-0.39, 0.29) is 6.42 Å². The lowest BCUT2D eigenvalue weighted by atomic mass is 10.1. The number of aliphatic carboxylic acids is 1. The first-order valence-corrected chi connectivity index (χ1v) is 5.19. The molecule has 0 aliphatic heterocycles. The van der Waals surface area contributed by atoms with Crippen LogP contribution in [0.1, 0.15) is 31.4 Å². The van der Waals surface area contributed by atoms with Crippen LogP contribution in [0.25, 0.3) is 0 Å². The maximum atomic E-state index is 12.1. The molecule has 0 saturated carbocycles. The van der Waals surface area contributed by atoms with Gasteiger partial charge in [0.1, 0.15) is 0 Å². The van der Waals surface area contributed by atoms with Gasteiger partial charge in [-0.05, 0) is 18.1 Å². The average Bonchev–Trinajstić information content (AvgIpc) is 2.29. The summed E-state index contributed by atoms with van der Waals surface area (Å²) >= 11 is 0. The van der Waals surface area contributed by atoms with E-state index in [2.05, 4.69) is 0 Å². The Morgan fingerprint density at radius 1 is 1.29 bits per heavy atom. The Bertz CT molecular complexity index is 359. The number of carboxylic acids is 1. The van der Waals surface area contributed by atoms with E-state index in [0.29, 0.717) is 12.0 Å². The van der Waals surface area contributed by atoms with Gasteiger partial charge in [0.25, 0.3) is 0 Å². The van der Waals surface area contributed by atoms with Crippen molar-refractivity contribution in [1.29, 1.82) is 0 Å². The zero-order valence-corrected chi connectivity index (χ0v) is 9.71. The van der Waals surface area contributed by atoms with E-state index in [4.69, 9.17) is 5.11 Å². The van der Waals surface area contributed by atoms with Crippen LogP contribution < -0.4 is 0 Å². The van der Waals surface area contributed by atoms with E-state index in [1.807, 2.05) is 6.92 Å². The Hall–Kier alpha value is -1.52. The molecule has 0 radical (unpaired) electrons. The molecule has 1 N–H and O–H groups in total. The predicted octanol–water partition coefficient (Wildman–Crippen LogP) is 3.75. The summed E-state index contributed by atoms with van der Waals surface area (Å²) in [5.41, 5.74) is 0.145. The molecule has 0 bridgehead atoms. The monoisotopic (exact) mass is 248 g/mol. The van der Waals surface area contributed by atoms with Crippen molar-refractivity contribution in [3.8, 4) is 0 Å². The SMILES string of the molecule is CCC(=O)O.CCc1cccc(C(F)(F)F)c1. The lowest BCUT2D eigenvalue weighted by Crippen LogP contribution is -2.04. The fourth-order valence-electron chi connectivity index (χ4n) is 0.968. The number of carbonyl (C=O) groups is 1. The molecular formula is C12H15F3O2. The Kier molecular flexibility index (Phi) is 6.31. The highest BCUT2D eigenvalue weighted by Crippen LogP contribution is 2.29. The van der Waals surface area contributed by atoms with Gasteiger partial charge < -0.3 is 5.11 Å². The second kappa shape index (κ2) is 6.93. The van der Waals surface area contributed by atoms with Crippen LogP contribution in [-0.4, -0.2) is 11.1 Å². The van der Waals surface area contributed by atoms with Gasteiger partial charge >= 0.3 is 12.1 Å². The van der Waals surface area contributed by atoms with Crippen molar-refractivity contribution in [3.63, 3.8) is 0 Å². The minimum absolute atomic E-state index is 0.222. The molecule has 1 aromatic carbocycles. The van der Waals surface area contributed by atoms with Crippen LogP contribution in [0.15, 0.2) is 24.3 Å². The molecule has 0 saturated heterocycles. The van der Waals surface area contributed by atoms with Gasteiger partial charge in [-0.1, -0.05) is 32.0 Å². The van der Waals surface area contributed by atoms with Gasteiger partial charge in [0, 0.05) is 6.42 Å². The van der Waals surface area contributed by atoms with Crippen molar-refractivity contribution in [3.05, 3.63) is 35.4 Å².